The first kappa shape index (κ1) is 11.5. The highest BCUT2D eigenvalue weighted by molar-refractivity contribution is 5.46. The van der Waals surface area contributed by atoms with Crippen molar-refractivity contribution in [3.8, 4) is 11.8 Å². The molecule has 0 bridgehead atoms. The second-order valence-corrected chi connectivity index (χ2v) is 3.94. The van der Waals surface area contributed by atoms with Crippen LogP contribution in [0.5, 0.6) is 5.75 Å². The third kappa shape index (κ3) is 2.71. The molecule has 1 aromatic rings. The van der Waals surface area contributed by atoms with Gasteiger partial charge in [0, 0.05) is 17.7 Å². The van der Waals surface area contributed by atoms with Crippen molar-refractivity contribution < 1.29 is 5.11 Å². The minimum atomic E-state index is 0.256. The largest absolute Gasteiger partial charge is 0.507 e. The highest BCUT2D eigenvalue weighted by Crippen LogP contribution is 2.26. The smallest absolute Gasteiger partial charge is 0.124 e. The maximum Gasteiger partial charge on any atom is 0.124 e. The average Bonchev–Trinajstić information content (AvgIpc) is 2.17. The van der Waals surface area contributed by atoms with E-state index in [9.17, 15) is 5.11 Å². The van der Waals surface area contributed by atoms with Crippen LogP contribution in [0.4, 0.5) is 0 Å². The van der Waals surface area contributed by atoms with Gasteiger partial charge >= 0.3 is 0 Å². The molecule has 1 N–H and O–H groups in total. The van der Waals surface area contributed by atoms with Crippen LogP contribution in [0.15, 0.2) is 12.1 Å². The van der Waals surface area contributed by atoms with Gasteiger partial charge in [-0.15, -0.1) is 0 Å². The number of benzene rings is 1. The van der Waals surface area contributed by atoms with Crippen molar-refractivity contribution >= 4 is 0 Å². The molecule has 0 radical (unpaired) electrons. The Balaban J connectivity index is 3.13. The summed E-state index contributed by atoms with van der Waals surface area (Å²) in [5.41, 5.74) is 2.68. The molecule has 0 aliphatic carbocycles. The summed E-state index contributed by atoms with van der Waals surface area (Å²) in [6.45, 7) is 2.66. The van der Waals surface area contributed by atoms with E-state index in [1.165, 1.54) is 0 Å². The lowest BCUT2D eigenvalue weighted by atomic mass is 10.0. The van der Waals surface area contributed by atoms with Crippen molar-refractivity contribution in [2.24, 2.45) is 0 Å². The molecule has 3 nitrogen and oxygen atoms in total. The van der Waals surface area contributed by atoms with Gasteiger partial charge in [-0.3, -0.25) is 0 Å². The molecule has 0 spiro atoms. The van der Waals surface area contributed by atoms with Crippen LogP contribution in [-0.4, -0.2) is 24.1 Å². The summed E-state index contributed by atoms with van der Waals surface area (Å²) in [6, 6.07) is 5.81. The van der Waals surface area contributed by atoms with E-state index in [0.717, 1.165) is 11.1 Å². The summed E-state index contributed by atoms with van der Waals surface area (Å²) in [5.74, 6) is 0.269. The van der Waals surface area contributed by atoms with Gasteiger partial charge in [-0.1, -0.05) is 12.1 Å². The van der Waals surface area contributed by atoms with Crippen LogP contribution in [-0.2, 0) is 13.0 Å². The van der Waals surface area contributed by atoms with Crippen molar-refractivity contribution in [2.75, 3.05) is 14.1 Å². The fourth-order valence-electron chi connectivity index (χ4n) is 1.53. The zero-order valence-electron chi connectivity index (χ0n) is 9.41. The third-order valence-corrected chi connectivity index (χ3v) is 2.34. The second kappa shape index (κ2) is 4.81. The summed E-state index contributed by atoms with van der Waals surface area (Å²) in [4.78, 5) is 2.00. The first-order chi connectivity index (χ1) is 7.06. The first-order valence-electron chi connectivity index (χ1n) is 4.88. The number of nitriles is 1. The Bertz CT molecular complexity index is 391. The SMILES string of the molecule is Cc1ccc(CC#N)c(O)c1CN(C)C. The van der Waals surface area contributed by atoms with Crippen molar-refractivity contribution in [1.82, 2.24) is 4.90 Å². The molecule has 0 saturated heterocycles. The van der Waals surface area contributed by atoms with E-state index >= 15 is 0 Å². The molecule has 80 valence electrons. The fraction of sp³-hybridized carbons (Fsp3) is 0.417. The summed E-state index contributed by atoms with van der Waals surface area (Å²) in [6.07, 6.45) is 0.256. The van der Waals surface area contributed by atoms with Crippen molar-refractivity contribution in [3.05, 3.63) is 28.8 Å². The van der Waals surface area contributed by atoms with Crippen molar-refractivity contribution in [3.63, 3.8) is 0 Å². The van der Waals surface area contributed by atoms with Gasteiger partial charge in [0.25, 0.3) is 0 Å². The molecule has 0 unspecified atom stereocenters. The van der Waals surface area contributed by atoms with Crippen LogP contribution in [0.3, 0.4) is 0 Å². The number of nitrogens with zero attached hydrogens (tertiary/aromatic N) is 2. The quantitative estimate of drug-likeness (QED) is 0.817. The van der Waals surface area contributed by atoms with Gasteiger partial charge in [-0.25, -0.2) is 0 Å². The lowest BCUT2D eigenvalue weighted by molar-refractivity contribution is 0.383. The van der Waals surface area contributed by atoms with Crippen LogP contribution in [0.2, 0.25) is 0 Å². The van der Waals surface area contributed by atoms with Gasteiger partial charge in [0.05, 0.1) is 12.5 Å². The number of aryl methyl sites for hydroxylation is 1. The standard InChI is InChI=1S/C12H16N2O/c1-9-4-5-10(6-7-13)12(15)11(9)8-14(2)3/h4-5,15H,6,8H2,1-3H3. The van der Waals surface area contributed by atoms with E-state index in [4.69, 9.17) is 5.26 Å². The van der Waals surface area contributed by atoms with Crippen LogP contribution in [0.25, 0.3) is 0 Å². The lowest BCUT2D eigenvalue weighted by Crippen LogP contribution is -2.12. The molecule has 1 aromatic carbocycles. The fourth-order valence-corrected chi connectivity index (χ4v) is 1.53. The minimum absolute atomic E-state index is 0.256. The Morgan fingerprint density at radius 2 is 2.07 bits per heavy atom. The van der Waals surface area contributed by atoms with Crippen molar-refractivity contribution in [2.45, 2.75) is 19.9 Å². The molecule has 0 aliphatic rings. The van der Waals surface area contributed by atoms with Crippen molar-refractivity contribution in [1.29, 1.82) is 5.26 Å². The van der Waals surface area contributed by atoms with Gasteiger partial charge < -0.3 is 10.0 Å². The van der Waals surface area contributed by atoms with E-state index in [0.29, 0.717) is 12.1 Å². The minimum Gasteiger partial charge on any atom is -0.507 e. The van der Waals surface area contributed by atoms with Crippen LogP contribution in [0, 0.1) is 18.3 Å². The number of hydrogen-bond acceptors (Lipinski definition) is 3. The molecule has 3 heteroatoms. The van der Waals surface area contributed by atoms with Gasteiger partial charge in [0.2, 0.25) is 0 Å². The van der Waals surface area contributed by atoms with Crippen LogP contribution in [0.1, 0.15) is 16.7 Å². The average molecular weight is 204 g/mol. The Hall–Kier alpha value is -1.53. The van der Waals surface area contributed by atoms with E-state index in [-0.39, 0.29) is 12.2 Å². The molecular formula is C12H16N2O. The first-order valence-corrected chi connectivity index (χ1v) is 4.88. The molecule has 0 amide bonds. The second-order valence-electron chi connectivity index (χ2n) is 3.94. The number of phenolic OH excluding ortho intramolecular Hbond substituents is 1. The Morgan fingerprint density at radius 3 is 2.60 bits per heavy atom. The highest BCUT2D eigenvalue weighted by atomic mass is 16.3. The Kier molecular flexibility index (Phi) is 3.70. The molecule has 0 atom stereocenters. The number of aromatic hydroxyl groups is 1. The summed E-state index contributed by atoms with van der Waals surface area (Å²) in [7, 11) is 3.91. The lowest BCUT2D eigenvalue weighted by Gasteiger charge is -2.15. The summed E-state index contributed by atoms with van der Waals surface area (Å²) < 4.78 is 0. The van der Waals surface area contributed by atoms with Gasteiger partial charge in [-0.05, 0) is 26.6 Å². The zero-order valence-corrected chi connectivity index (χ0v) is 9.41. The van der Waals surface area contributed by atoms with E-state index in [2.05, 4.69) is 6.07 Å². The summed E-state index contributed by atoms with van der Waals surface area (Å²) >= 11 is 0. The maximum atomic E-state index is 9.97. The molecule has 0 fully saturated rings. The van der Waals surface area contributed by atoms with Gasteiger partial charge in [0.15, 0.2) is 0 Å². The van der Waals surface area contributed by atoms with E-state index in [1.807, 2.05) is 38.1 Å². The topological polar surface area (TPSA) is 47.3 Å². The summed E-state index contributed by atoms with van der Waals surface area (Å²) in [5, 5.41) is 18.6. The van der Waals surface area contributed by atoms with Gasteiger partial charge in [-0.2, -0.15) is 5.26 Å². The predicted octanol–water partition coefficient (Wildman–Crippen LogP) is 1.83. The predicted molar refractivity (Wildman–Crippen MR) is 59.6 cm³/mol. The maximum absolute atomic E-state index is 9.97. The number of rotatable bonds is 3. The third-order valence-electron chi connectivity index (χ3n) is 2.34. The molecule has 0 aromatic heterocycles. The van der Waals surface area contributed by atoms with Crippen LogP contribution >= 0.6 is 0 Å². The Labute approximate surface area is 90.6 Å². The molecule has 0 aliphatic heterocycles. The zero-order chi connectivity index (χ0) is 11.4. The molecule has 15 heavy (non-hydrogen) atoms. The normalized spacial score (nSPS) is 10.3. The number of hydrogen-bond donors (Lipinski definition) is 1. The monoisotopic (exact) mass is 204 g/mol. The molecule has 1 rings (SSSR count). The van der Waals surface area contributed by atoms with Crippen LogP contribution < -0.4 is 0 Å². The number of phenols is 1. The molecule has 0 saturated carbocycles. The highest BCUT2D eigenvalue weighted by Gasteiger charge is 2.10. The molecule has 0 heterocycles. The Morgan fingerprint density at radius 1 is 1.40 bits per heavy atom. The van der Waals surface area contributed by atoms with E-state index < -0.39 is 0 Å². The van der Waals surface area contributed by atoms with Gasteiger partial charge in [0.1, 0.15) is 5.75 Å². The van der Waals surface area contributed by atoms with E-state index in [1.54, 1.807) is 0 Å². The molecular weight excluding hydrogens is 188 g/mol.